The first-order valence-corrected chi connectivity index (χ1v) is 9.28. The van der Waals surface area contributed by atoms with Gasteiger partial charge in [0.2, 0.25) is 5.91 Å². The molecule has 0 spiro atoms. The summed E-state index contributed by atoms with van der Waals surface area (Å²) in [5.74, 6) is -0.610. The fraction of sp³-hybridized carbons (Fsp3) is 0.579. The molecule has 2 heterocycles. The number of halogens is 2. The highest BCUT2D eigenvalue weighted by atomic mass is 19.3. The molecule has 0 radical (unpaired) electrons. The van der Waals surface area contributed by atoms with Gasteiger partial charge in [0.25, 0.3) is 5.91 Å². The minimum Gasteiger partial charge on any atom is -0.493 e. The Bertz CT molecular complexity index is 710. The number of carbonyl (C=O) groups is 2. The Morgan fingerprint density at radius 3 is 2.57 bits per heavy atom. The highest BCUT2D eigenvalue weighted by Crippen LogP contribution is 2.30. The minimum absolute atomic E-state index is 0.0391. The zero-order valence-corrected chi connectivity index (χ0v) is 15.7. The van der Waals surface area contributed by atoms with E-state index in [1.807, 2.05) is 0 Å². The van der Waals surface area contributed by atoms with Gasteiger partial charge < -0.3 is 24.0 Å². The molecule has 1 aromatic rings. The number of ether oxygens (including phenoxy) is 3. The summed E-state index contributed by atoms with van der Waals surface area (Å²) in [4.78, 5) is 29.0. The van der Waals surface area contributed by atoms with Crippen molar-refractivity contribution in [3.8, 4) is 11.5 Å². The van der Waals surface area contributed by atoms with Gasteiger partial charge in [-0.2, -0.15) is 8.78 Å². The van der Waals surface area contributed by atoms with Gasteiger partial charge in [-0.15, -0.1) is 0 Å². The molecular formula is C19H24F2N2O5. The Hall–Kier alpha value is -2.42. The largest absolute Gasteiger partial charge is 0.493 e. The molecule has 0 saturated carbocycles. The first-order valence-electron chi connectivity index (χ1n) is 9.28. The molecule has 1 aromatic carbocycles. The van der Waals surface area contributed by atoms with Crippen LogP contribution in [-0.2, 0) is 9.53 Å². The maximum Gasteiger partial charge on any atom is 0.387 e. The molecule has 3 rings (SSSR count). The molecule has 0 aliphatic carbocycles. The lowest BCUT2D eigenvalue weighted by Gasteiger charge is -2.36. The van der Waals surface area contributed by atoms with Crippen LogP contribution in [0.3, 0.4) is 0 Å². The zero-order valence-electron chi connectivity index (χ0n) is 15.7. The standard InChI is InChI=1S/C19H24F2N2O5/c1-26-15-5-4-13(11-16(15)28-19(20)21)17(24)23-6-2-3-14(12-23)18(25)22-7-9-27-10-8-22/h4-5,11,14,19H,2-3,6-10,12H2,1H3. The molecule has 2 aliphatic heterocycles. The Kier molecular flexibility index (Phi) is 6.66. The zero-order chi connectivity index (χ0) is 20.1. The lowest BCUT2D eigenvalue weighted by molar-refractivity contribution is -0.141. The van der Waals surface area contributed by atoms with E-state index in [4.69, 9.17) is 9.47 Å². The van der Waals surface area contributed by atoms with E-state index >= 15 is 0 Å². The number of hydrogen-bond donors (Lipinski definition) is 0. The van der Waals surface area contributed by atoms with E-state index in [0.717, 1.165) is 6.42 Å². The van der Waals surface area contributed by atoms with Crippen molar-refractivity contribution in [1.82, 2.24) is 9.80 Å². The fourth-order valence-corrected chi connectivity index (χ4v) is 3.59. The van der Waals surface area contributed by atoms with Gasteiger partial charge in [0.15, 0.2) is 11.5 Å². The van der Waals surface area contributed by atoms with Crippen LogP contribution < -0.4 is 9.47 Å². The summed E-state index contributed by atoms with van der Waals surface area (Å²) in [7, 11) is 1.33. The number of amides is 2. The van der Waals surface area contributed by atoms with E-state index in [9.17, 15) is 18.4 Å². The first-order chi connectivity index (χ1) is 13.5. The van der Waals surface area contributed by atoms with Gasteiger partial charge in [0.05, 0.1) is 26.2 Å². The number of morpholine rings is 1. The predicted molar refractivity (Wildman–Crippen MR) is 95.7 cm³/mol. The van der Waals surface area contributed by atoms with Crippen molar-refractivity contribution in [2.45, 2.75) is 19.5 Å². The van der Waals surface area contributed by atoms with Gasteiger partial charge in [0, 0.05) is 31.7 Å². The summed E-state index contributed by atoms with van der Waals surface area (Å²) >= 11 is 0. The van der Waals surface area contributed by atoms with E-state index in [1.165, 1.54) is 25.3 Å². The summed E-state index contributed by atoms with van der Waals surface area (Å²) in [5.41, 5.74) is 0.218. The van der Waals surface area contributed by atoms with Crippen LogP contribution in [0, 0.1) is 5.92 Å². The van der Waals surface area contributed by atoms with Crippen LogP contribution in [0.1, 0.15) is 23.2 Å². The molecule has 0 bridgehead atoms. The van der Waals surface area contributed by atoms with Crippen molar-refractivity contribution in [2.24, 2.45) is 5.92 Å². The van der Waals surface area contributed by atoms with Crippen molar-refractivity contribution < 1.29 is 32.6 Å². The average Bonchev–Trinajstić information content (AvgIpc) is 2.73. The van der Waals surface area contributed by atoms with Gasteiger partial charge in [-0.3, -0.25) is 9.59 Å². The molecule has 2 amide bonds. The predicted octanol–water partition coefficient (Wildman–Crippen LogP) is 2.01. The SMILES string of the molecule is COc1ccc(C(=O)N2CCCC(C(=O)N3CCOCC3)C2)cc1OC(F)F. The molecule has 154 valence electrons. The number of rotatable bonds is 5. The highest BCUT2D eigenvalue weighted by Gasteiger charge is 2.32. The second-order valence-electron chi connectivity index (χ2n) is 6.77. The summed E-state index contributed by atoms with van der Waals surface area (Å²) in [6.07, 6.45) is 1.44. The second kappa shape index (κ2) is 9.18. The van der Waals surface area contributed by atoms with Gasteiger partial charge in [-0.25, -0.2) is 0 Å². The van der Waals surface area contributed by atoms with Crippen molar-refractivity contribution in [3.63, 3.8) is 0 Å². The van der Waals surface area contributed by atoms with Crippen molar-refractivity contribution >= 4 is 11.8 Å². The smallest absolute Gasteiger partial charge is 0.387 e. The van der Waals surface area contributed by atoms with Gasteiger partial charge >= 0.3 is 6.61 Å². The van der Waals surface area contributed by atoms with Crippen LogP contribution in [0.15, 0.2) is 18.2 Å². The number of carbonyl (C=O) groups excluding carboxylic acids is 2. The number of methoxy groups -OCH3 is 1. The number of likely N-dealkylation sites (tertiary alicyclic amines) is 1. The van der Waals surface area contributed by atoms with Gasteiger partial charge in [-0.05, 0) is 31.0 Å². The summed E-state index contributed by atoms with van der Waals surface area (Å²) < 4.78 is 40.0. The third-order valence-corrected chi connectivity index (χ3v) is 5.01. The van der Waals surface area contributed by atoms with Crippen molar-refractivity contribution in [1.29, 1.82) is 0 Å². The Morgan fingerprint density at radius 1 is 1.14 bits per heavy atom. The van der Waals surface area contributed by atoms with Crippen LogP contribution in [0.4, 0.5) is 8.78 Å². The molecule has 0 N–H and O–H groups in total. The summed E-state index contributed by atoms with van der Waals surface area (Å²) in [5, 5.41) is 0. The average molecular weight is 398 g/mol. The first kappa shape index (κ1) is 20.3. The second-order valence-corrected chi connectivity index (χ2v) is 6.77. The Labute approximate surface area is 162 Å². The van der Waals surface area contributed by atoms with Crippen LogP contribution >= 0.6 is 0 Å². The summed E-state index contributed by atoms with van der Waals surface area (Å²) in [6.45, 7) is -0.00870. The number of alkyl halides is 2. The number of hydrogen-bond acceptors (Lipinski definition) is 5. The van der Waals surface area contributed by atoms with E-state index in [1.54, 1.807) is 9.80 Å². The van der Waals surface area contributed by atoms with E-state index in [0.29, 0.717) is 45.8 Å². The van der Waals surface area contributed by atoms with E-state index in [2.05, 4.69) is 4.74 Å². The fourth-order valence-electron chi connectivity index (χ4n) is 3.59. The molecule has 1 unspecified atom stereocenters. The van der Waals surface area contributed by atoms with E-state index < -0.39 is 6.61 Å². The highest BCUT2D eigenvalue weighted by molar-refractivity contribution is 5.95. The van der Waals surface area contributed by atoms with Gasteiger partial charge in [0.1, 0.15) is 0 Å². The number of benzene rings is 1. The lowest BCUT2D eigenvalue weighted by atomic mass is 9.95. The van der Waals surface area contributed by atoms with Crippen LogP contribution in [0.5, 0.6) is 11.5 Å². The monoisotopic (exact) mass is 398 g/mol. The Morgan fingerprint density at radius 2 is 1.89 bits per heavy atom. The lowest BCUT2D eigenvalue weighted by Crippen LogP contribution is -2.49. The molecule has 0 aromatic heterocycles. The molecule has 2 aliphatic rings. The molecule has 1 atom stereocenters. The van der Waals surface area contributed by atoms with Crippen LogP contribution in [0.2, 0.25) is 0 Å². The third kappa shape index (κ3) is 4.70. The Balaban J connectivity index is 1.70. The third-order valence-electron chi connectivity index (χ3n) is 5.01. The van der Waals surface area contributed by atoms with Crippen molar-refractivity contribution in [2.75, 3.05) is 46.5 Å². The molecular weight excluding hydrogens is 374 g/mol. The summed E-state index contributed by atoms with van der Waals surface area (Å²) in [6, 6.07) is 4.18. The molecule has 2 saturated heterocycles. The molecule has 2 fully saturated rings. The number of piperidine rings is 1. The molecule has 9 heteroatoms. The van der Waals surface area contributed by atoms with E-state index in [-0.39, 0.29) is 34.8 Å². The van der Waals surface area contributed by atoms with Crippen molar-refractivity contribution in [3.05, 3.63) is 23.8 Å². The van der Waals surface area contributed by atoms with Gasteiger partial charge in [-0.1, -0.05) is 0 Å². The number of nitrogens with zero attached hydrogens (tertiary/aromatic N) is 2. The topological polar surface area (TPSA) is 68.3 Å². The molecule has 7 nitrogen and oxygen atoms in total. The minimum atomic E-state index is -3.02. The maximum atomic E-state index is 12.9. The quantitative estimate of drug-likeness (QED) is 0.759. The van der Waals surface area contributed by atoms with Crippen LogP contribution in [-0.4, -0.2) is 74.7 Å². The normalized spacial score (nSPS) is 20.2. The maximum absolute atomic E-state index is 12.9. The van der Waals surface area contributed by atoms with Crippen LogP contribution in [0.25, 0.3) is 0 Å². The molecule has 28 heavy (non-hydrogen) atoms.